The number of likely N-dealkylation sites (N-methyl/N-ethyl adjacent to an activating group) is 1. The Labute approximate surface area is 190 Å². The minimum absolute atomic E-state index is 0.0836. The van der Waals surface area contributed by atoms with E-state index in [0.717, 1.165) is 10.5 Å². The van der Waals surface area contributed by atoms with Crippen LogP contribution in [0.4, 0.5) is 10.5 Å². The van der Waals surface area contributed by atoms with E-state index in [1.807, 2.05) is 19.1 Å². The molecule has 0 aromatic heterocycles. The maximum Gasteiger partial charge on any atom is 0.325 e. The largest absolute Gasteiger partial charge is 0.454 e. The Hall–Kier alpha value is -4.08. The molecule has 10 nitrogen and oxygen atoms in total. The summed E-state index contributed by atoms with van der Waals surface area (Å²) in [6, 6.07) is 11.5. The number of imide groups is 1. The lowest BCUT2D eigenvalue weighted by Gasteiger charge is -2.23. The molecule has 2 aliphatic heterocycles. The molecule has 172 valence electrons. The number of rotatable bonds is 6. The first kappa shape index (κ1) is 22.1. The average Bonchev–Trinajstić information content (AvgIpc) is 3.33. The molecule has 2 aliphatic rings. The third-order valence-electron chi connectivity index (χ3n) is 5.66. The van der Waals surface area contributed by atoms with Gasteiger partial charge in [0.05, 0.1) is 6.54 Å². The van der Waals surface area contributed by atoms with Crippen molar-refractivity contribution in [2.24, 2.45) is 0 Å². The molecule has 2 aromatic rings. The zero-order valence-electron chi connectivity index (χ0n) is 18.5. The number of urea groups is 1. The van der Waals surface area contributed by atoms with Gasteiger partial charge in [0.25, 0.3) is 5.91 Å². The molecule has 0 unspecified atom stereocenters. The SMILES string of the molecule is Cc1ccc(NC(=O)CN(C)C(=O)CN2C(=O)N[C@](C)(c3ccc4c(c3)OCO4)C2=O)cc1. The number of fused-ring (bicyclic) bond motifs is 1. The van der Waals surface area contributed by atoms with Crippen LogP contribution in [0.5, 0.6) is 11.5 Å². The summed E-state index contributed by atoms with van der Waals surface area (Å²) in [7, 11) is 1.44. The van der Waals surface area contributed by atoms with Crippen molar-refractivity contribution >= 4 is 29.4 Å². The second kappa shape index (κ2) is 8.45. The summed E-state index contributed by atoms with van der Waals surface area (Å²) in [5.74, 6) is -0.483. The van der Waals surface area contributed by atoms with Crippen molar-refractivity contribution < 1.29 is 28.7 Å². The van der Waals surface area contributed by atoms with Crippen LogP contribution in [0, 0.1) is 6.92 Å². The predicted octanol–water partition coefficient (Wildman–Crippen LogP) is 1.59. The maximum atomic E-state index is 13.1. The first-order valence-electron chi connectivity index (χ1n) is 10.3. The summed E-state index contributed by atoms with van der Waals surface area (Å²) in [5, 5.41) is 5.36. The van der Waals surface area contributed by atoms with Gasteiger partial charge in [-0.15, -0.1) is 0 Å². The molecule has 1 atom stereocenters. The molecular weight excluding hydrogens is 428 g/mol. The highest BCUT2D eigenvalue weighted by Crippen LogP contribution is 2.37. The van der Waals surface area contributed by atoms with E-state index in [1.54, 1.807) is 37.3 Å². The first-order valence-corrected chi connectivity index (χ1v) is 10.3. The van der Waals surface area contributed by atoms with Gasteiger partial charge in [-0.05, 0) is 43.7 Å². The molecule has 33 heavy (non-hydrogen) atoms. The van der Waals surface area contributed by atoms with Crippen molar-refractivity contribution in [3.63, 3.8) is 0 Å². The van der Waals surface area contributed by atoms with Gasteiger partial charge in [-0.25, -0.2) is 4.79 Å². The predicted molar refractivity (Wildman–Crippen MR) is 118 cm³/mol. The number of hydrogen-bond donors (Lipinski definition) is 2. The fraction of sp³-hybridized carbons (Fsp3) is 0.304. The van der Waals surface area contributed by atoms with Crippen LogP contribution in [0.15, 0.2) is 42.5 Å². The van der Waals surface area contributed by atoms with Gasteiger partial charge in [0.1, 0.15) is 12.1 Å². The Balaban J connectivity index is 1.39. The number of nitrogens with one attached hydrogen (secondary N) is 2. The Kier molecular flexibility index (Phi) is 5.67. The van der Waals surface area contributed by atoms with Gasteiger partial charge in [-0.3, -0.25) is 19.3 Å². The minimum Gasteiger partial charge on any atom is -0.454 e. The minimum atomic E-state index is -1.36. The topological polar surface area (TPSA) is 117 Å². The van der Waals surface area contributed by atoms with Crippen molar-refractivity contribution in [3.8, 4) is 11.5 Å². The number of hydrogen-bond acceptors (Lipinski definition) is 6. The van der Waals surface area contributed by atoms with E-state index >= 15 is 0 Å². The molecule has 0 bridgehead atoms. The molecule has 10 heteroatoms. The van der Waals surface area contributed by atoms with Crippen LogP contribution in [0.25, 0.3) is 0 Å². The second-order valence-corrected chi connectivity index (χ2v) is 8.18. The van der Waals surface area contributed by atoms with Crippen molar-refractivity contribution in [1.29, 1.82) is 0 Å². The number of ether oxygens (including phenoxy) is 2. The number of nitrogens with zero attached hydrogens (tertiary/aromatic N) is 2. The van der Waals surface area contributed by atoms with Gasteiger partial charge in [0, 0.05) is 12.7 Å². The van der Waals surface area contributed by atoms with Crippen molar-refractivity contribution in [3.05, 3.63) is 53.6 Å². The molecule has 0 spiro atoms. The standard InChI is InChI=1S/C23H24N4O6/c1-14-4-7-16(8-5-14)24-19(28)11-26(3)20(29)12-27-21(30)23(2,25-22(27)31)15-6-9-17-18(10-15)33-13-32-17/h4-10H,11-13H2,1-3H3,(H,24,28)(H,25,31)/t23-/m1/s1. The zero-order valence-corrected chi connectivity index (χ0v) is 18.5. The Morgan fingerprint density at radius 1 is 1.12 bits per heavy atom. The number of anilines is 1. The Bertz CT molecular complexity index is 1130. The number of carbonyl (C=O) groups excluding carboxylic acids is 4. The van der Waals surface area contributed by atoms with Crippen LogP contribution >= 0.6 is 0 Å². The fourth-order valence-corrected chi connectivity index (χ4v) is 3.64. The number of aryl methyl sites for hydroxylation is 1. The van der Waals surface area contributed by atoms with E-state index in [4.69, 9.17) is 9.47 Å². The van der Waals surface area contributed by atoms with Crippen LogP contribution in [0.3, 0.4) is 0 Å². The molecule has 2 heterocycles. The van der Waals surface area contributed by atoms with Gasteiger partial charge in [0.2, 0.25) is 18.6 Å². The lowest BCUT2D eigenvalue weighted by atomic mass is 9.91. The van der Waals surface area contributed by atoms with Crippen LogP contribution < -0.4 is 20.1 Å². The zero-order chi connectivity index (χ0) is 23.8. The van der Waals surface area contributed by atoms with E-state index in [9.17, 15) is 19.2 Å². The monoisotopic (exact) mass is 452 g/mol. The number of benzene rings is 2. The highest BCUT2D eigenvalue weighted by molar-refractivity contribution is 6.09. The van der Waals surface area contributed by atoms with E-state index < -0.39 is 35.8 Å². The highest BCUT2D eigenvalue weighted by Gasteiger charge is 2.50. The van der Waals surface area contributed by atoms with E-state index in [1.165, 1.54) is 11.9 Å². The summed E-state index contributed by atoms with van der Waals surface area (Å²) in [5.41, 5.74) is 0.812. The molecule has 0 radical (unpaired) electrons. The summed E-state index contributed by atoms with van der Waals surface area (Å²) in [6.45, 7) is 2.87. The smallest absolute Gasteiger partial charge is 0.325 e. The molecule has 0 saturated carbocycles. The van der Waals surface area contributed by atoms with Gasteiger partial charge >= 0.3 is 6.03 Å². The molecular formula is C23H24N4O6. The number of amides is 5. The number of carbonyl (C=O) groups is 4. The van der Waals surface area contributed by atoms with E-state index in [2.05, 4.69) is 10.6 Å². The lowest BCUT2D eigenvalue weighted by molar-refractivity contribution is -0.139. The molecule has 1 saturated heterocycles. The van der Waals surface area contributed by atoms with Crippen LogP contribution in [0.1, 0.15) is 18.1 Å². The summed E-state index contributed by atoms with van der Waals surface area (Å²) < 4.78 is 10.6. The van der Waals surface area contributed by atoms with Crippen LogP contribution in [0.2, 0.25) is 0 Å². The third kappa shape index (κ3) is 4.32. The second-order valence-electron chi connectivity index (χ2n) is 8.18. The van der Waals surface area contributed by atoms with Gasteiger partial charge < -0.3 is 25.0 Å². The summed E-state index contributed by atoms with van der Waals surface area (Å²) in [4.78, 5) is 52.6. The average molecular weight is 452 g/mol. The maximum absolute atomic E-state index is 13.1. The van der Waals surface area contributed by atoms with E-state index in [0.29, 0.717) is 22.7 Å². The Morgan fingerprint density at radius 2 is 1.82 bits per heavy atom. The lowest BCUT2D eigenvalue weighted by Crippen LogP contribution is -2.45. The normalized spacial score (nSPS) is 18.8. The van der Waals surface area contributed by atoms with Crippen LogP contribution in [-0.2, 0) is 19.9 Å². The van der Waals surface area contributed by atoms with Crippen LogP contribution in [-0.4, -0.2) is 60.5 Å². The third-order valence-corrected chi connectivity index (χ3v) is 5.66. The van der Waals surface area contributed by atoms with Gasteiger partial charge in [0.15, 0.2) is 11.5 Å². The molecule has 2 aromatic carbocycles. The molecule has 4 rings (SSSR count). The molecule has 0 aliphatic carbocycles. The summed E-state index contributed by atoms with van der Waals surface area (Å²) in [6.07, 6.45) is 0. The first-order chi connectivity index (χ1) is 15.7. The fourth-order valence-electron chi connectivity index (χ4n) is 3.64. The van der Waals surface area contributed by atoms with E-state index in [-0.39, 0.29) is 13.3 Å². The summed E-state index contributed by atoms with van der Waals surface area (Å²) >= 11 is 0. The Morgan fingerprint density at radius 3 is 2.55 bits per heavy atom. The highest BCUT2D eigenvalue weighted by atomic mass is 16.7. The molecule has 1 fully saturated rings. The molecule has 2 N–H and O–H groups in total. The molecule has 5 amide bonds. The van der Waals surface area contributed by atoms with Gasteiger partial charge in [-0.1, -0.05) is 23.8 Å². The van der Waals surface area contributed by atoms with Crippen molar-refractivity contribution in [1.82, 2.24) is 15.1 Å². The van der Waals surface area contributed by atoms with Crippen molar-refractivity contribution in [2.75, 3.05) is 32.2 Å². The van der Waals surface area contributed by atoms with Gasteiger partial charge in [-0.2, -0.15) is 0 Å². The quantitative estimate of drug-likeness (QED) is 0.643. The van der Waals surface area contributed by atoms with Crippen molar-refractivity contribution in [2.45, 2.75) is 19.4 Å².